The van der Waals surface area contributed by atoms with Gasteiger partial charge in [0.05, 0.1) is 5.69 Å². The Bertz CT molecular complexity index is 614. The van der Waals surface area contributed by atoms with E-state index >= 15 is 0 Å². The second-order valence-corrected chi connectivity index (χ2v) is 5.70. The van der Waals surface area contributed by atoms with Gasteiger partial charge in [0.15, 0.2) is 0 Å². The van der Waals surface area contributed by atoms with Gasteiger partial charge in [0.25, 0.3) is 0 Å². The molecule has 3 aromatic heterocycles. The molecule has 3 rings (SSSR count). The summed E-state index contributed by atoms with van der Waals surface area (Å²) in [7, 11) is 5.76. The average Bonchev–Trinajstić information content (AvgIpc) is 3.01. The second-order valence-electron chi connectivity index (χ2n) is 5.70. The maximum atomic E-state index is 4.17. The molecular weight excluding hydrogens is 304 g/mol. The summed E-state index contributed by atoms with van der Waals surface area (Å²) in [5, 5.41) is 8.03. The van der Waals surface area contributed by atoms with E-state index in [9.17, 15) is 0 Å². The zero-order valence-electron chi connectivity index (χ0n) is 16.2. The lowest BCUT2D eigenvalue weighted by atomic mass is 10.6. The van der Waals surface area contributed by atoms with E-state index in [1.165, 1.54) is 0 Å². The first-order valence-electron chi connectivity index (χ1n) is 7.75. The van der Waals surface area contributed by atoms with E-state index < -0.39 is 0 Å². The summed E-state index contributed by atoms with van der Waals surface area (Å²) >= 11 is 0. The van der Waals surface area contributed by atoms with Crippen LogP contribution >= 0.6 is 0 Å². The fourth-order valence-corrected chi connectivity index (χ4v) is 1.97. The molecule has 0 unspecified atom stereocenters. The minimum atomic E-state index is 0.838. The minimum Gasteiger partial charge on any atom is -0.338 e. The molecule has 0 spiro atoms. The molecule has 0 amide bonds. The zero-order chi connectivity index (χ0) is 18.4. The van der Waals surface area contributed by atoms with Crippen molar-refractivity contribution in [2.45, 2.75) is 41.5 Å². The Hall–Kier alpha value is -2.51. The Labute approximate surface area is 143 Å². The first-order chi connectivity index (χ1) is 11.1. The summed E-state index contributed by atoms with van der Waals surface area (Å²) in [6, 6.07) is 0. The molecule has 0 aliphatic carbocycles. The summed E-state index contributed by atoms with van der Waals surface area (Å²) in [4.78, 5) is 12.3. The molecule has 0 fully saturated rings. The monoisotopic (exact) mass is 332 g/mol. The highest BCUT2D eigenvalue weighted by molar-refractivity contribution is 4.98. The zero-order valence-corrected chi connectivity index (χ0v) is 16.2. The van der Waals surface area contributed by atoms with E-state index in [1.807, 2.05) is 73.4 Å². The normalized spacial score (nSPS) is 9.88. The van der Waals surface area contributed by atoms with Crippen LogP contribution in [0.3, 0.4) is 0 Å². The molecule has 0 saturated carbocycles. The van der Waals surface area contributed by atoms with Crippen LogP contribution in [0.15, 0.2) is 6.20 Å². The van der Waals surface area contributed by atoms with Crippen molar-refractivity contribution < 1.29 is 0 Å². The van der Waals surface area contributed by atoms with Crippen molar-refractivity contribution in [2.75, 3.05) is 0 Å². The number of aromatic nitrogens is 8. The maximum Gasteiger partial charge on any atom is 0.147 e. The fraction of sp³-hybridized carbons (Fsp3) is 0.562. The molecule has 0 N–H and O–H groups in total. The molecule has 3 heterocycles. The van der Waals surface area contributed by atoms with Crippen molar-refractivity contribution in [3.05, 3.63) is 41.0 Å². The molecule has 8 nitrogen and oxygen atoms in total. The van der Waals surface area contributed by atoms with Gasteiger partial charge in [-0.1, -0.05) is 0 Å². The van der Waals surface area contributed by atoms with E-state index in [2.05, 4.69) is 25.1 Å². The predicted octanol–water partition coefficient (Wildman–Crippen LogP) is 1.90. The van der Waals surface area contributed by atoms with Crippen molar-refractivity contribution in [3.63, 3.8) is 0 Å². The summed E-state index contributed by atoms with van der Waals surface area (Å²) < 4.78 is 5.53. The summed E-state index contributed by atoms with van der Waals surface area (Å²) in [6.45, 7) is 11.6. The van der Waals surface area contributed by atoms with Gasteiger partial charge in [-0.25, -0.2) is 15.0 Å². The summed E-state index contributed by atoms with van der Waals surface area (Å²) in [5.41, 5.74) is 1.09. The van der Waals surface area contributed by atoms with Gasteiger partial charge >= 0.3 is 0 Å². The lowest BCUT2D eigenvalue weighted by Crippen LogP contribution is -1.92. The van der Waals surface area contributed by atoms with Gasteiger partial charge in [-0.2, -0.15) is 10.2 Å². The van der Waals surface area contributed by atoms with Crippen molar-refractivity contribution in [2.24, 2.45) is 21.1 Å². The number of aryl methyl sites for hydroxylation is 9. The molecule has 132 valence electrons. The van der Waals surface area contributed by atoms with Crippen LogP contribution in [0.25, 0.3) is 0 Å². The van der Waals surface area contributed by atoms with Gasteiger partial charge in [-0.3, -0.25) is 9.36 Å². The third-order valence-corrected chi connectivity index (χ3v) is 3.40. The molecular formula is C16H28N8. The SMILES string of the molecule is Cc1cn(C)c(C)n1.Cc1nc(C)n(C)n1.Cc1nc(C)n(C)n1. The minimum absolute atomic E-state index is 0.838. The third kappa shape index (κ3) is 5.94. The highest BCUT2D eigenvalue weighted by Crippen LogP contribution is 1.95. The van der Waals surface area contributed by atoms with Gasteiger partial charge in [0, 0.05) is 27.3 Å². The van der Waals surface area contributed by atoms with Gasteiger partial charge in [0.2, 0.25) is 0 Å². The van der Waals surface area contributed by atoms with E-state index in [0.717, 1.165) is 34.8 Å². The molecule has 8 heteroatoms. The van der Waals surface area contributed by atoms with E-state index in [1.54, 1.807) is 9.36 Å². The highest BCUT2D eigenvalue weighted by Gasteiger charge is 1.94. The molecule has 0 saturated heterocycles. The largest absolute Gasteiger partial charge is 0.338 e. The standard InChI is InChI=1S/C6H10N2.2C5H9N3/c1-5-4-8(3)6(2)7-5;2*1-4-6-5(2)8(3)7-4/h4H,1-3H3;2*1-3H3. The highest BCUT2D eigenvalue weighted by atomic mass is 15.3. The Morgan fingerprint density at radius 2 is 1.04 bits per heavy atom. The lowest BCUT2D eigenvalue weighted by molar-refractivity contribution is 0.728. The van der Waals surface area contributed by atoms with Crippen molar-refractivity contribution >= 4 is 0 Å². The lowest BCUT2D eigenvalue weighted by Gasteiger charge is -1.87. The second kappa shape index (κ2) is 8.37. The average molecular weight is 332 g/mol. The number of nitrogens with zero attached hydrogens (tertiary/aromatic N) is 8. The van der Waals surface area contributed by atoms with Gasteiger partial charge in [-0.15, -0.1) is 0 Å². The van der Waals surface area contributed by atoms with Crippen LogP contribution in [0.2, 0.25) is 0 Å². The summed E-state index contributed by atoms with van der Waals surface area (Å²) in [5.74, 6) is 4.67. The molecule has 0 aromatic carbocycles. The Kier molecular flexibility index (Phi) is 6.82. The molecule has 0 radical (unpaired) electrons. The van der Waals surface area contributed by atoms with Gasteiger partial charge in [-0.05, 0) is 41.5 Å². The molecule has 0 bridgehead atoms. The van der Waals surface area contributed by atoms with Crippen LogP contribution in [0.4, 0.5) is 0 Å². The molecule has 0 atom stereocenters. The number of hydrogen-bond donors (Lipinski definition) is 0. The first-order valence-corrected chi connectivity index (χ1v) is 7.75. The fourth-order valence-electron chi connectivity index (χ4n) is 1.97. The third-order valence-electron chi connectivity index (χ3n) is 3.40. The topological polar surface area (TPSA) is 79.2 Å². The molecule has 24 heavy (non-hydrogen) atoms. The Balaban J connectivity index is 0.000000180. The Morgan fingerprint density at radius 3 is 1.12 bits per heavy atom. The van der Waals surface area contributed by atoms with Crippen LogP contribution < -0.4 is 0 Å². The molecule has 3 aromatic rings. The van der Waals surface area contributed by atoms with E-state index in [4.69, 9.17) is 0 Å². The van der Waals surface area contributed by atoms with Gasteiger partial charge in [0.1, 0.15) is 29.1 Å². The van der Waals surface area contributed by atoms with Crippen LogP contribution in [0.5, 0.6) is 0 Å². The van der Waals surface area contributed by atoms with Crippen molar-refractivity contribution in [1.29, 1.82) is 0 Å². The predicted molar refractivity (Wildman–Crippen MR) is 93.6 cm³/mol. The van der Waals surface area contributed by atoms with Crippen molar-refractivity contribution in [3.8, 4) is 0 Å². The van der Waals surface area contributed by atoms with E-state index in [-0.39, 0.29) is 0 Å². The van der Waals surface area contributed by atoms with Gasteiger partial charge < -0.3 is 4.57 Å². The molecule has 0 aliphatic rings. The van der Waals surface area contributed by atoms with Crippen LogP contribution in [0, 0.1) is 41.5 Å². The smallest absolute Gasteiger partial charge is 0.147 e. The van der Waals surface area contributed by atoms with Crippen LogP contribution in [0.1, 0.15) is 34.8 Å². The molecule has 0 aliphatic heterocycles. The Morgan fingerprint density at radius 1 is 0.625 bits per heavy atom. The number of rotatable bonds is 0. The van der Waals surface area contributed by atoms with Crippen LogP contribution in [-0.4, -0.2) is 39.1 Å². The number of hydrogen-bond acceptors (Lipinski definition) is 5. The van der Waals surface area contributed by atoms with E-state index in [0.29, 0.717) is 0 Å². The first kappa shape index (κ1) is 19.5. The maximum absolute atomic E-state index is 4.17. The quantitative estimate of drug-likeness (QED) is 0.628. The van der Waals surface area contributed by atoms with Crippen molar-refractivity contribution in [1.82, 2.24) is 39.1 Å². The summed E-state index contributed by atoms with van der Waals surface area (Å²) in [6.07, 6.45) is 2.01. The van der Waals surface area contributed by atoms with Crippen LogP contribution in [-0.2, 0) is 21.1 Å². The number of imidazole rings is 1.